The molecule has 0 heterocycles. The molecule has 0 radical (unpaired) electrons. The zero-order valence-electron chi connectivity index (χ0n) is 6.76. The van der Waals surface area contributed by atoms with Crippen LogP contribution in [0.5, 0.6) is 0 Å². The quantitative estimate of drug-likeness (QED) is 0.371. The lowest BCUT2D eigenvalue weighted by atomic mass is 10.0. The molecular weight excluding hydrogens is 168 g/mol. The minimum absolute atomic E-state index is 0.493. The van der Waals surface area contributed by atoms with E-state index in [-0.39, 0.29) is 0 Å². The molecule has 0 bridgehead atoms. The Bertz CT molecular complexity index is 183. The average Bonchev–Trinajstić information content (AvgIpc) is 1.79. The van der Waals surface area contributed by atoms with E-state index in [1.165, 1.54) is 13.8 Å². The van der Waals surface area contributed by atoms with E-state index in [2.05, 4.69) is 0 Å². The standard InChI is InChI=1S/C5H10N2O5/c1-5(2,8)3-4(6(9)10)7(11)12/h4,8H,3H2,1-2H3. The number of hydrogen-bond acceptors (Lipinski definition) is 5. The van der Waals surface area contributed by atoms with E-state index in [1.54, 1.807) is 0 Å². The number of aliphatic hydroxyl groups is 1. The summed E-state index contributed by atoms with van der Waals surface area (Å²) < 4.78 is 0. The Labute approximate surface area is 68.3 Å². The Morgan fingerprint density at radius 1 is 1.33 bits per heavy atom. The maximum absolute atomic E-state index is 10.1. The van der Waals surface area contributed by atoms with Crippen molar-refractivity contribution >= 4 is 0 Å². The Hall–Kier alpha value is -1.24. The lowest BCUT2D eigenvalue weighted by Crippen LogP contribution is -2.36. The predicted molar refractivity (Wildman–Crippen MR) is 38.7 cm³/mol. The Morgan fingerprint density at radius 2 is 1.67 bits per heavy atom. The predicted octanol–water partition coefficient (Wildman–Crippen LogP) is 0.0269. The van der Waals surface area contributed by atoms with Crippen LogP contribution in [-0.4, -0.2) is 26.7 Å². The SMILES string of the molecule is CC(C)(O)CC([N+](=O)[O-])[N+](=O)[O-]. The molecule has 0 aliphatic carbocycles. The normalized spacial score (nSPS) is 11.7. The Balaban J connectivity index is 4.35. The summed E-state index contributed by atoms with van der Waals surface area (Å²) in [5.74, 6) is 0. The monoisotopic (exact) mass is 178 g/mol. The summed E-state index contributed by atoms with van der Waals surface area (Å²) in [4.78, 5) is 18.1. The van der Waals surface area contributed by atoms with Gasteiger partial charge >= 0.3 is 6.17 Å². The van der Waals surface area contributed by atoms with Gasteiger partial charge in [0.1, 0.15) is 6.42 Å². The highest BCUT2D eigenvalue weighted by Gasteiger charge is 2.37. The summed E-state index contributed by atoms with van der Waals surface area (Å²) >= 11 is 0. The van der Waals surface area contributed by atoms with Crippen molar-refractivity contribution in [3.05, 3.63) is 20.2 Å². The second-order valence-corrected chi connectivity index (χ2v) is 3.07. The van der Waals surface area contributed by atoms with Crippen LogP contribution in [0.3, 0.4) is 0 Å². The zero-order chi connectivity index (χ0) is 9.94. The first-order valence-corrected chi connectivity index (χ1v) is 3.23. The van der Waals surface area contributed by atoms with Crippen LogP contribution in [0.2, 0.25) is 0 Å². The van der Waals surface area contributed by atoms with E-state index in [0.717, 1.165) is 0 Å². The van der Waals surface area contributed by atoms with Gasteiger partial charge in [0.15, 0.2) is 0 Å². The molecule has 0 fully saturated rings. The molecule has 0 aliphatic heterocycles. The largest absolute Gasteiger partial charge is 0.453 e. The van der Waals surface area contributed by atoms with Crippen LogP contribution in [0.4, 0.5) is 0 Å². The van der Waals surface area contributed by atoms with Crippen molar-refractivity contribution < 1.29 is 15.0 Å². The molecule has 0 aliphatic rings. The molecule has 0 spiro atoms. The van der Waals surface area contributed by atoms with Crippen molar-refractivity contribution in [1.29, 1.82) is 0 Å². The van der Waals surface area contributed by atoms with Crippen LogP contribution in [0.25, 0.3) is 0 Å². The smallest absolute Gasteiger partial charge is 0.390 e. The van der Waals surface area contributed by atoms with Crippen LogP contribution in [0.1, 0.15) is 20.3 Å². The molecule has 0 saturated heterocycles. The van der Waals surface area contributed by atoms with Gasteiger partial charge in [-0.3, -0.25) is 20.2 Å². The van der Waals surface area contributed by atoms with E-state index in [1.807, 2.05) is 0 Å². The van der Waals surface area contributed by atoms with Crippen LogP contribution < -0.4 is 0 Å². The van der Waals surface area contributed by atoms with Gasteiger partial charge in [0.25, 0.3) is 0 Å². The topological polar surface area (TPSA) is 107 Å². The molecule has 0 unspecified atom stereocenters. The third-order valence-electron chi connectivity index (χ3n) is 1.17. The van der Waals surface area contributed by atoms with E-state index in [0.29, 0.717) is 0 Å². The lowest BCUT2D eigenvalue weighted by Gasteiger charge is -2.14. The van der Waals surface area contributed by atoms with Gasteiger partial charge in [0, 0.05) is 0 Å². The summed E-state index contributed by atoms with van der Waals surface area (Å²) in [6, 6.07) is 0. The van der Waals surface area contributed by atoms with Crippen LogP contribution in [0, 0.1) is 20.2 Å². The first kappa shape index (κ1) is 10.8. The van der Waals surface area contributed by atoms with Gasteiger partial charge in [-0.2, -0.15) is 0 Å². The number of rotatable bonds is 4. The van der Waals surface area contributed by atoms with Gasteiger partial charge in [-0.15, -0.1) is 0 Å². The van der Waals surface area contributed by atoms with Gasteiger partial charge in [-0.05, 0) is 13.8 Å². The van der Waals surface area contributed by atoms with Crippen LogP contribution in [0.15, 0.2) is 0 Å². The minimum Gasteiger partial charge on any atom is -0.390 e. The first-order valence-electron chi connectivity index (χ1n) is 3.23. The number of nitro groups is 2. The molecule has 0 aromatic carbocycles. The molecule has 12 heavy (non-hydrogen) atoms. The van der Waals surface area contributed by atoms with Gasteiger partial charge in [0.05, 0.1) is 15.4 Å². The average molecular weight is 178 g/mol. The fourth-order valence-corrected chi connectivity index (χ4v) is 0.673. The third kappa shape index (κ3) is 3.81. The van der Waals surface area contributed by atoms with Crippen molar-refractivity contribution in [2.45, 2.75) is 32.0 Å². The van der Waals surface area contributed by atoms with E-state index in [4.69, 9.17) is 5.11 Å². The Morgan fingerprint density at radius 3 is 1.75 bits per heavy atom. The summed E-state index contributed by atoms with van der Waals surface area (Å²) in [6.07, 6.45) is -2.42. The summed E-state index contributed by atoms with van der Waals surface area (Å²) in [5.41, 5.74) is -1.40. The second-order valence-electron chi connectivity index (χ2n) is 3.07. The molecule has 0 atom stereocenters. The number of nitrogens with zero attached hydrogens (tertiary/aromatic N) is 2. The fraction of sp³-hybridized carbons (Fsp3) is 1.00. The molecule has 70 valence electrons. The minimum atomic E-state index is -1.93. The van der Waals surface area contributed by atoms with Crippen molar-refractivity contribution in [2.75, 3.05) is 0 Å². The molecular formula is C5H10N2O5. The van der Waals surface area contributed by atoms with Gasteiger partial charge in [0.2, 0.25) is 0 Å². The fourth-order valence-electron chi connectivity index (χ4n) is 0.673. The molecule has 0 aromatic heterocycles. The second kappa shape index (κ2) is 3.44. The number of hydrogen-bond donors (Lipinski definition) is 1. The van der Waals surface area contributed by atoms with Gasteiger partial charge in [-0.25, -0.2) is 0 Å². The Kier molecular flexibility index (Phi) is 3.08. The molecule has 0 saturated carbocycles. The molecule has 1 N–H and O–H groups in total. The highest BCUT2D eigenvalue weighted by Crippen LogP contribution is 2.12. The maximum atomic E-state index is 10.1. The zero-order valence-corrected chi connectivity index (χ0v) is 6.76. The van der Waals surface area contributed by atoms with Crippen molar-refractivity contribution in [3.8, 4) is 0 Å². The maximum Gasteiger partial charge on any atom is 0.453 e. The third-order valence-corrected chi connectivity index (χ3v) is 1.17. The highest BCUT2D eigenvalue weighted by atomic mass is 16.7. The van der Waals surface area contributed by atoms with Crippen molar-refractivity contribution in [2.24, 2.45) is 0 Å². The summed E-state index contributed by atoms with van der Waals surface area (Å²) in [7, 11) is 0. The van der Waals surface area contributed by atoms with E-state index < -0.39 is 28.0 Å². The van der Waals surface area contributed by atoms with Crippen LogP contribution in [-0.2, 0) is 0 Å². The van der Waals surface area contributed by atoms with Crippen LogP contribution >= 0.6 is 0 Å². The van der Waals surface area contributed by atoms with Crippen molar-refractivity contribution in [3.63, 3.8) is 0 Å². The van der Waals surface area contributed by atoms with Crippen molar-refractivity contribution in [1.82, 2.24) is 0 Å². The molecule has 0 amide bonds. The van der Waals surface area contributed by atoms with Gasteiger partial charge < -0.3 is 5.11 Å². The van der Waals surface area contributed by atoms with E-state index >= 15 is 0 Å². The highest BCUT2D eigenvalue weighted by molar-refractivity contribution is 4.65. The summed E-state index contributed by atoms with van der Waals surface area (Å²) in [5, 5.41) is 29.2. The van der Waals surface area contributed by atoms with E-state index in [9.17, 15) is 20.2 Å². The molecule has 7 heteroatoms. The first-order chi connectivity index (χ1) is 5.24. The summed E-state index contributed by atoms with van der Waals surface area (Å²) in [6.45, 7) is 2.57. The lowest BCUT2D eigenvalue weighted by molar-refractivity contribution is -0.745. The van der Waals surface area contributed by atoms with Gasteiger partial charge in [-0.1, -0.05) is 0 Å². The molecule has 0 rings (SSSR count). The molecule has 0 aromatic rings. The molecule has 7 nitrogen and oxygen atoms in total.